The topological polar surface area (TPSA) is 78.9 Å². The summed E-state index contributed by atoms with van der Waals surface area (Å²) >= 11 is 23.7. The van der Waals surface area contributed by atoms with E-state index in [2.05, 4.69) is 0 Å². The second-order valence-electron chi connectivity index (χ2n) is 4.58. The van der Waals surface area contributed by atoms with Crippen LogP contribution in [0.25, 0.3) is 0 Å². The molecule has 2 amide bonds. The van der Waals surface area contributed by atoms with Gasteiger partial charge in [-0.25, -0.2) is 4.79 Å². The fourth-order valence-electron chi connectivity index (χ4n) is 1.90. The van der Waals surface area contributed by atoms with Gasteiger partial charge in [0.25, 0.3) is 5.91 Å². The highest BCUT2D eigenvalue weighted by Crippen LogP contribution is 2.49. The van der Waals surface area contributed by atoms with E-state index in [0.29, 0.717) is 15.6 Å². The van der Waals surface area contributed by atoms with E-state index in [0.717, 1.165) is 0 Å². The number of imide groups is 1. The van der Waals surface area contributed by atoms with Gasteiger partial charge in [-0.15, -0.1) is 0 Å². The molecule has 1 heterocycles. The number of benzene rings is 1. The Kier molecular flexibility index (Phi) is 4.61. The molecule has 9 heteroatoms. The number of hydrogen-bond acceptors (Lipinski definition) is 3. The number of alkyl halides is 2. The summed E-state index contributed by atoms with van der Waals surface area (Å²) in [5.41, 5.74) is -0.290. The van der Waals surface area contributed by atoms with Gasteiger partial charge in [0.2, 0.25) is 0 Å². The summed E-state index contributed by atoms with van der Waals surface area (Å²) in [5, 5.41) is 10.9. The van der Waals surface area contributed by atoms with Gasteiger partial charge in [0.15, 0.2) is 4.33 Å². The van der Waals surface area contributed by atoms with Crippen molar-refractivity contribution in [2.75, 3.05) is 6.61 Å². The maximum absolute atomic E-state index is 11.7. The molecule has 0 spiro atoms. The molecule has 0 aliphatic carbocycles. The second kappa shape index (κ2) is 5.82. The van der Waals surface area contributed by atoms with Gasteiger partial charge in [0.1, 0.15) is 5.60 Å². The van der Waals surface area contributed by atoms with Gasteiger partial charge < -0.3 is 9.84 Å². The Hall–Kier alpha value is -0.720. The van der Waals surface area contributed by atoms with Crippen LogP contribution >= 0.6 is 46.4 Å². The number of amides is 2. The molecule has 114 valence electrons. The zero-order chi connectivity index (χ0) is 15.8. The molecule has 0 aromatic heterocycles. The third kappa shape index (κ3) is 3.93. The number of carbonyl (C=O) groups is 2. The molecule has 1 aliphatic rings. The maximum atomic E-state index is 11.7. The zero-order valence-corrected chi connectivity index (χ0v) is 13.4. The van der Waals surface area contributed by atoms with Crippen molar-refractivity contribution in [3.8, 4) is 0 Å². The molecule has 21 heavy (non-hydrogen) atoms. The Morgan fingerprint density at radius 2 is 1.81 bits per heavy atom. The van der Waals surface area contributed by atoms with Crippen LogP contribution in [0.15, 0.2) is 18.2 Å². The summed E-state index contributed by atoms with van der Waals surface area (Å²) in [4.78, 5) is 22.2. The summed E-state index contributed by atoms with van der Waals surface area (Å²) in [5.74, 6) is -1.04. The molecule has 1 unspecified atom stereocenters. The molecule has 1 saturated heterocycles. The smallest absolute Gasteiger partial charge is 0.411 e. The minimum Gasteiger partial charge on any atom is -0.465 e. The van der Waals surface area contributed by atoms with Crippen molar-refractivity contribution in [2.45, 2.75) is 16.4 Å². The number of rotatable bonds is 4. The van der Waals surface area contributed by atoms with Crippen LogP contribution in [0.3, 0.4) is 0 Å². The molecular weight excluding hydrogens is 364 g/mol. The lowest BCUT2D eigenvalue weighted by Gasteiger charge is -2.22. The first-order chi connectivity index (χ1) is 9.64. The Morgan fingerprint density at radius 1 is 1.29 bits per heavy atom. The quantitative estimate of drug-likeness (QED) is 0.625. The third-order valence-corrected chi connectivity index (χ3v) is 3.99. The summed E-state index contributed by atoms with van der Waals surface area (Å²) < 4.78 is 3.40. The summed E-state index contributed by atoms with van der Waals surface area (Å²) in [6.45, 7) is 0.269. The minimum atomic E-state index is -1.97. The van der Waals surface area contributed by atoms with E-state index in [1.165, 1.54) is 0 Å². The lowest BCUT2D eigenvalue weighted by Crippen LogP contribution is -2.43. The Morgan fingerprint density at radius 3 is 2.24 bits per heavy atom. The van der Waals surface area contributed by atoms with Crippen LogP contribution in [0.5, 0.6) is 0 Å². The minimum absolute atomic E-state index is 0.140. The first kappa shape index (κ1) is 16.6. The first-order valence-electron chi connectivity index (χ1n) is 5.67. The van der Waals surface area contributed by atoms with Crippen molar-refractivity contribution in [1.29, 1.82) is 0 Å². The van der Waals surface area contributed by atoms with Gasteiger partial charge >= 0.3 is 6.09 Å². The van der Waals surface area contributed by atoms with Gasteiger partial charge in [-0.3, -0.25) is 10.1 Å². The summed E-state index contributed by atoms with van der Waals surface area (Å²) in [7, 11) is 0. The summed E-state index contributed by atoms with van der Waals surface area (Å²) in [6.07, 6.45) is -1.68. The van der Waals surface area contributed by atoms with E-state index in [4.69, 9.17) is 56.2 Å². The number of carbonyl (C=O) groups excluding carboxylic acids is 1. The van der Waals surface area contributed by atoms with Gasteiger partial charge in [0.05, 0.1) is 6.61 Å². The molecule has 2 N–H and O–H groups in total. The molecule has 0 radical (unpaired) electrons. The number of nitrogens with one attached hydrogen (secondary N) is 1. The fraction of sp³-hybridized carbons (Fsp3) is 0.333. The molecule has 0 bridgehead atoms. The SMILES string of the molecule is O=C(O)NC(=O)C(Cl)(Cl)CC1(c2cc(Cl)cc(Cl)c2)CO1. The van der Waals surface area contributed by atoms with Crippen molar-refractivity contribution >= 4 is 58.4 Å². The highest BCUT2D eigenvalue weighted by Gasteiger charge is 2.54. The number of carboxylic acid groups (broad SMARTS) is 1. The predicted molar refractivity (Wildman–Crippen MR) is 79.3 cm³/mol. The van der Waals surface area contributed by atoms with Gasteiger partial charge in [-0.1, -0.05) is 46.4 Å². The van der Waals surface area contributed by atoms with Crippen LogP contribution in [-0.4, -0.2) is 28.0 Å². The van der Waals surface area contributed by atoms with Gasteiger partial charge in [-0.05, 0) is 23.8 Å². The normalized spacial score (nSPS) is 21.0. The lowest BCUT2D eigenvalue weighted by atomic mass is 9.94. The molecule has 1 atom stereocenters. The molecule has 0 saturated carbocycles. The average Bonchev–Trinajstić information content (AvgIpc) is 3.07. The third-order valence-electron chi connectivity index (χ3n) is 2.94. The van der Waals surface area contributed by atoms with E-state index in [1.807, 2.05) is 0 Å². The number of ether oxygens (including phenoxy) is 1. The Bertz CT molecular complexity index is 581. The average molecular weight is 373 g/mol. The van der Waals surface area contributed by atoms with E-state index < -0.39 is 21.9 Å². The highest BCUT2D eigenvalue weighted by molar-refractivity contribution is 6.58. The van der Waals surface area contributed by atoms with Gasteiger partial charge in [-0.2, -0.15) is 0 Å². The van der Waals surface area contributed by atoms with E-state index in [-0.39, 0.29) is 13.0 Å². The van der Waals surface area contributed by atoms with Crippen molar-refractivity contribution in [3.05, 3.63) is 33.8 Å². The Labute approximate surface area is 140 Å². The van der Waals surface area contributed by atoms with Crippen molar-refractivity contribution in [1.82, 2.24) is 5.32 Å². The van der Waals surface area contributed by atoms with E-state index in [1.54, 1.807) is 23.5 Å². The monoisotopic (exact) mass is 371 g/mol. The molecule has 5 nitrogen and oxygen atoms in total. The van der Waals surface area contributed by atoms with Crippen LogP contribution in [0.1, 0.15) is 12.0 Å². The van der Waals surface area contributed by atoms with Crippen LogP contribution in [0, 0.1) is 0 Å². The summed E-state index contributed by atoms with van der Waals surface area (Å²) in [6, 6.07) is 4.80. The standard InChI is InChI=1S/C12H9Cl4NO4/c13-7-1-6(2-8(14)3-7)11(5-21-11)4-12(15,16)9(18)17-10(19)20/h1-3H,4-5H2,(H,17,18)(H,19,20). The number of hydrogen-bond donors (Lipinski definition) is 2. The van der Waals surface area contributed by atoms with E-state index in [9.17, 15) is 9.59 Å². The number of halogens is 4. The largest absolute Gasteiger partial charge is 0.465 e. The zero-order valence-electron chi connectivity index (χ0n) is 10.3. The second-order valence-corrected chi connectivity index (χ2v) is 6.94. The lowest BCUT2D eigenvalue weighted by molar-refractivity contribution is -0.121. The van der Waals surface area contributed by atoms with E-state index >= 15 is 0 Å². The predicted octanol–water partition coefficient (Wildman–Crippen LogP) is 3.58. The molecule has 1 fully saturated rings. The molecule has 2 rings (SSSR count). The molecule has 1 aliphatic heterocycles. The van der Waals surface area contributed by atoms with Crippen LogP contribution < -0.4 is 5.32 Å². The molecular formula is C12H9Cl4NO4. The van der Waals surface area contributed by atoms with Crippen LogP contribution in [0.4, 0.5) is 4.79 Å². The Balaban J connectivity index is 2.21. The van der Waals surface area contributed by atoms with Gasteiger partial charge in [0, 0.05) is 16.5 Å². The van der Waals surface area contributed by atoms with Crippen molar-refractivity contribution < 1.29 is 19.4 Å². The maximum Gasteiger partial charge on any atom is 0.411 e. The molecule has 1 aromatic rings. The van der Waals surface area contributed by atoms with Crippen molar-refractivity contribution in [3.63, 3.8) is 0 Å². The van der Waals surface area contributed by atoms with Crippen LogP contribution in [-0.2, 0) is 15.1 Å². The fourth-order valence-corrected chi connectivity index (χ4v) is 2.95. The first-order valence-corrected chi connectivity index (χ1v) is 7.19. The number of epoxide rings is 1. The molecule has 1 aromatic carbocycles. The highest BCUT2D eigenvalue weighted by atomic mass is 35.5. The van der Waals surface area contributed by atoms with Crippen molar-refractivity contribution in [2.24, 2.45) is 0 Å². The van der Waals surface area contributed by atoms with Crippen LogP contribution in [0.2, 0.25) is 10.0 Å².